The number of aryl methyl sites for hydroxylation is 3. The summed E-state index contributed by atoms with van der Waals surface area (Å²) in [6.45, 7) is 13.8. The number of hydrogen-bond acceptors (Lipinski definition) is 27. The molecule has 3 fully saturated rings. The standard InChI is InChI=1S/3C26H26Cl2N8O4.CH4/c3*1-5-20(37)31-15-11-36(19-6-7-30-34-19)12-16(15)32-26-29-10-13-8-14(25(38)35(2)24(13)33-26)21-22(27)17(39-3)9-18(40-4)23(21)28;/h3*5-10,15-16H,1,11-12H2,2-4H3,(H,30,34)(H,31,37)(H,29,32,33);1H4/t2*15-,16+;;/m10../s1. The average Bonchev–Trinajstić information content (AvgIpc) is 1.35. The van der Waals surface area contributed by atoms with Crippen LogP contribution in [0.4, 0.5) is 35.3 Å². The van der Waals surface area contributed by atoms with Gasteiger partial charge in [-0.15, -0.1) is 0 Å². The lowest BCUT2D eigenvalue weighted by molar-refractivity contribution is -0.117. The minimum atomic E-state index is -0.376. The van der Waals surface area contributed by atoms with Gasteiger partial charge >= 0.3 is 0 Å². The van der Waals surface area contributed by atoms with Crippen LogP contribution < -0.4 is 91.7 Å². The maximum absolute atomic E-state index is 13.5. The highest BCUT2D eigenvalue weighted by Gasteiger charge is 2.39. The normalized spacial score (nSPS) is 16.5. The first-order valence-electron chi connectivity index (χ1n) is 36.5. The summed E-state index contributed by atoms with van der Waals surface area (Å²) in [5.41, 5.74) is 1.63. The summed E-state index contributed by atoms with van der Waals surface area (Å²) >= 11 is 39.5. The van der Waals surface area contributed by atoms with E-state index in [4.69, 9.17) is 98.0 Å². The molecule has 12 aromatic rings. The number of nitrogens with zero attached hydrogens (tertiary/aromatic N) is 15. The van der Waals surface area contributed by atoms with Crippen molar-refractivity contribution in [1.29, 1.82) is 0 Å². The number of hydrogen-bond donors (Lipinski definition) is 9. The number of anilines is 6. The van der Waals surface area contributed by atoms with Gasteiger partial charge in [0.25, 0.3) is 16.7 Å². The van der Waals surface area contributed by atoms with Gasteiger partial charge in [-0.05, 0) is 36.4 Å². The van der Waals surface area contributed by atoms with Crippen molar-refractivity contribution in [2.45, 2.75) is 43.7 Å². The fraction of sp³-hybridized carbons (Fsp3) is 0.278. The number of benzene rings is 3. The van der Waals surface area contributed by atoms with Gasteiger partial charge in [0.2, 0.25) is 35.6 Å². The molecule has 6 atom stereocenters. The number of H-pyrrole nitrogens is 3. The SMILES string of the molecule is C.C=CC(=O)NC1CN(c2ccn[nH]2)CC1Nc1ncc2cc(-c3c(Cl)c(OC)cc(OC)c3Cl)c(=O)n(C)c2n1.C=CC(=O)N[C@@H]1CN(c2ccn[nH]2)C[C@@H]1Nc1ncc2cc(-c3c(Cl)c(OC)cc(OC)c3Cl)c(=O)n(C)c2n1.C=CC(=O)N[C@H]1CN(c2ccn[nH]2)C[C@H]1Nc1ncc2cc(-c3c(Cl)c(OC)cc(OC)c3Cl)c(=O)n(C)c2n1. The number of carbonyl (C=O) groups is 3. The zero-order chi connectivity index (χ0) is 85.7. The zero-order valence-corrected chi connectivity index (χ0v) is 70.1. The van der Waals surface area contributed by atoms with Gasteiger partial charge in [-0.3, -0.25) is 57.8 Å². The average molecular weight is 1770 g/mol. The van der Waals surface area contributed by atoms with Crippen molar-refractivity contribution in [3.8, 4) is 67.9 Å². The molecule has 15 rings (SSSR count). The first kappa shape index (κ1) is 87.4. The number of pyridine rings is 3. The highest BCUT2D eigenvalue weighted by Crippen LogP contribution is 2.49. The molecule has 36 nitrogen and oxygen atoms in total. The van der Waals surface area contributed by atoms with Gasteiger partial charge in [-0.1, -0.05) is 96.8 Å². The summed E-state index contributed by atoms with van der Waals surface area (Å²) in [6.07, 6.45) is 13.5. The predicted molar refractivity (Wildman–Crippen MR) is 468 cm³/mol. The molecule has 0 saturated carbocycles. The molecule has 9 N–H and O–H groups in total. The second kappa shape index (κ2) is 37.6. The van der Waals surface area contributed by atoms with Gasteiger partial charge in [0.15, 0.2) is 0 Å². The van der Waals surface area contributed by atoms with Gasteiger partial charge in [0.05, 0.1) is 144 Å². The lowest BCUT2D eigenvalue weighted by atomic mass is 10.0. The monoisotopic (exact) mass is 1770 g/mol. The third-order valence-electron chi connectivity index (χ3n) is 20.3. The molecule has 3 saturated heterocycles. The molecule has 12 heterocycles. The number of aromatic nitrogens is 15. The van der Waals surface area contributed by atoms with Crippen LogP contribution in [0.25, 0.3) is 66.5 Å². The van der Waals surface area contributed by atoms with Crippen molar-refractivity contribution in [2.75, 3.05) is 113 Å². The topological polar surface area (TPSA) is 418 Å². The van der Waals surface area contributed by atoms with Crippen LogP contribution in [0.3, 0.4) is 0 Å². The lowest BCUT2D eigenvalue weighted by Gasteiger charge is -2.20. The van der Waals surface area contributed by atoms with E-state index in [0.717, 1.165) is 17.5 Å². The summed E-state index contributed by atoms with van der Waals surface area (Å²) < 4.78 is 36.4. The van der Waals surface area contributed by atoms with E-state index in [2.05, 4.69) is 127 Å². The van der Waals surface area contributed by atoms with E-state index >= 15 is 0 Å². The molecule has 0 bridgehead atoms. The molecule has 121 heavy (non-hydrogen) atoms. The minimum Gasteiger partial charge on any atom is -0.495 e. The van der Waals surface area contributed by atoms with Crippen molar-refractivity contribution in [1.82, 2.24) is 90.1 Å². The fourth-order valence-electron chi connectivity index (χ4n) is 14.2. The maximum atomic E-state index is 13.5. The molecule has 632 valence electrons. The van der Waals surface area contributed by atoms with Crippen LogP contribution in [0.2, 0.25) is 30.1 Å². The smallest absolute Gasteiger partial charge is 0.259 e. The Morgan fingerprint density at radius 3 is 0.835 bits per heavy atom. The quantitative estimate of drug-likeness (QED) is 0.0254. The van der Waals surface area contributed by atoms with Crippen LogP contribution in [-0.4, -0.2) is 210 Å². The Morgan fingerprint density at radius 1 is 0.397 bits per heavy atom. The minimum absolute atomic E-state index is 0. The third-order valence-corrected chi connectivity index (χ3v) is 22.5. The lowest BCUT2D eigenvalue weighted by Crippen LogP contribution is -2.45. The van der Waals surface area contributed by atoms with Crippen molar-refractivity contribution < 1.29 is 42.8 Å². The van der Waals surface area contributed by atoms with Crippen LogP contribution in [0.1, 0.15) is 7.43 Å². The number of nitrogens with one attached hydrogen (secondary N) is 9. The number of amides is 3. The van der Waals surface area contributed by atoms with Gasteiger partial charge in [-0.2, -0.15) is 30.2 Å². The van der Waals surface area contributed by atoms with Crippen molar-refractivity contribution in [3.05, 3.63) is 191 Å². The molecule has 3 amide bonds. The molecule has 3 aliphatic heterocycles. The van der Waals surface area contributed by atoms with Crippen LogP contribution in [0, 0.1) is 0 Å². The summed E-state index contributed by atoms with van der Waals surface area (Å²) in [4.78, 5) is 110. The number of methoxy groups -OCH3 is 6. The number of ether oxygens (including phenoxy) is 6. The van der Waals surface area contributed by atoms with Crippen LogP contribution in [0.5, 0.6) is 34.5 Å². The zero-order valence-electron chi connectivity index (χ0n) is 65.6. The molecule has 42 heteroatoms. The maximum Gasteiger partial charge on any atom is 0.259 e. The van der Waals surface area contributed by atoms with Crippen molar-refractivity contribution in [3.63, 3.8) is 0 Å². The third kappa shape index (κ3) is 17.9. The summed E-state index contributed by atoms with van der Waals surface area (Å²) in [6, 6.07) is 13.6. The Morgan fingerprint density at radius 2 is 0.628 bits per heavy atom. The molecule has 2 unspecified atom stereocenters. The van der Waals surface area contributed by atoms with E-state index in [1.807, 2.05) is 18.2 Å². The van der Waals surface area contributed by atoms with Crippen LogP contribution in [-0.2, 0) is 35.5 Å². The van der Waals surface area contributed by atoms with Crippen LogP contribution >= 0.6 is 69.6 Å². The number of rotatable bonds is 24. The predicted octanol–water partition coefficient (Wildman–Crippen LogP) is 9.68. The second-order valence-electron chi connectivity index (χ2n) is 27.3. The highest BCUT2D eigenvalue weighted by atomic mass is 35.5. The molecular formula is C79H82Cl6N24O12. The van der Waals surface area contributed by atoms with Crippen molar-refractivity contribution >= 4 is 156 Å². The van der Waals surface area contributed by atoms with Crippen molar-refractivity contribution in [2.24, 2.45) is 21.1 Å². The van der Waals surface area contributed by atoms with Gasteiger partial charge in [0, 0.05) is 148 Å². The first-order valence-corrected chi connectivity index (χ1v) is 38.8. The molecule has 0 radical (unpaired) electrons. The second-order valence-corrected chi connectivity index (χ2v) is 29.6. The van der Waals surface area contributed by atoms with E-state index in [1.54, 1.807) is 94.7 Å². The highest BCUT2D eigenvalue weighted by molar-refractivity contribution is 6.42. The Labute approximate surface area is 720 Å². The van der Waals surface area contributed by atoms with Crippen LogP contribution in [0.15, 0.2) is 144 Å². The number of halogens is 6. The first-order chi connectivity index (χ1) is 57.7. The van der Waals surface area contributed by atoms with E-state index in [1.165, 1.54) is 74.6 Å². The van der Waals surface area contributed by atoms with Gasteiger partial charge in [-0.25, -0.2) is 15.0 Å². The molecule has 0 spiro atoms. The molecular weight excluding hydrogens is 1690 g/mol. The summed E-state index contributed by atoms with van der Waals surface area (Å²) in [5, 5.41) is 42.5. The van der Waals surface area contributed by atoms with Gasteiger partial charge < -0.3 is 75.0 Å². The number of carbonyl (C=O) groups excluding carboxylic acids is 3. The van der Waals surface area contributed by atoms with Gasteiger partial charge in [0.1, 0.15) is 68.9 Å². The fourth-order valence-corrected chi connectivity index (χ4v) is 16.3. The summed E-state index contributed by atoms with van der Waals surface area (Å²) in [7, 11) is 13.6. The molecule has 3 aromatic carbocycles. The largest absolute Gasteiger partial charge is 0.495 e. The Hall–Kier alpha value is -12.9. The molecule has 0 aliphatic carbocycles. The number of aromatic amines is 3. The molecule has 3 aliphatic rings. The number of fused-ring (bicyclic) bond motifs is 3. The van der Waals surface area contributed by atoms with E-state index in [0.29, 0.717) is 125 Å². The Kier molecular flexibility index (Phi) is 27.2. The molecule has 9 aromatic heterocycles. The van der Waals surface area contributed by atoms with E-state index < -0.39 is 0 Å². The summed E-state index contributed by atoms with van der Waals surface area (Å²) in [5.74, 6) is 4.38. The Bertz CT molecular complexity index is 5470. The van der Waals surface area contributed by atoms with E-state index in [-0.39, 0.29) is 142 Å². The van der Waals surface area contributed by atoms with E-state index in [9.17, 15) is 28.8 Å². The Balaban J connectivity index is 0.000000165.